The fraction of sp³-hybridized carbons (Fsp3) is 0.800. The maximum Gasteiger partial charge on any atom is 0.246 e. The SMILES string of the molecule is CCC1NCC(=O)N(CCCCO)C1=O. The van der Waals surface area contributed by atoms with Gasteiger partial charge in [-0.3, -0.25) is 19.8 Å². The fourth-order valence-corrected chi connectivity index (χ4v) is 1.64. The summed E-state index contributed by atoms with van der Waals surface area (Å²) in [4.78, 5) is 24.5. The fourth-order valence-electron chi connectivity index (χ4n) is 1.64. The van der Waals surface area contributed by atoms with Crippen LogP contribution in [-0.2, 0) is 9.59 Å². The number of rotatable bonds is 5. The van der Waals surface area contributed by atoms with Gasteiger partial charge in [-0.1, -0.05) is 6.92 Å². The van der Waals surface area contributed by atoms with E-state index >= 15 is 0 Å². The summed E-state index contributed by atoms with van der Waals surface area (Å²) in [6, 6.07) is -0.225. The molecule has 1 atom stereocenters. The van der Waals surface area contributed by atoms with E-state index < -0.39 is 0 Å². The molecule has 1 fully saturated rings. The second kappa shape index (κ2) is 5.82. The zero-order chi connectivity index (χ0) is 11.3. The van der Waals surface area contributed by atoms with E-state index in [2.05, 4.69) is 5.32 Å². The van der Waals surface area contributed by atoms with Crippen LogP contribution in [0.4, 0.5) is 0 Å². The van der Waals surface area contributed by atoms with Crippen LogP contribution in [0.2, 0.25) is 0 Å². The Kier molecular flexibility index (Phi) is 4.71. The number of imide groups is 1. The number of hydrogen-bond acceptors (Lipinski definition) is 4. The van der Waals surface area contributed by atoms with E-state index in [0.29, 0.717) is 25.8 Å². The number of amides is 2. The highest BCUT2D eigenvalue weighted by atomic mass is 16.3. The Balaban J connectivity index is 2.50. The number of nitrogens with one attached hydrogen (secondary N) is 1. The average Bonchev–Trinajstić information content (AvgIpc) is 2.23. The minimum atomic E-state index is -0.225. The number of aliphatic hydroxyl groups is 1. The van der Waals surface area contributed by atoms with Crippen molar-refractivity contribution in [2.75, 3.05) is 19.7 Å². The summed E-state index contributed by atoms with van der Waals surface area (Å²) in [6.07, 6.45) is 1.99. The minimum Gasteiger partial charge on any atom is -0.396 e. The molecule has 5 nitrogen and oxygen atoms in total. The molecule has 1 aliphatic rings. The molecule has 0 aliphatic carbocycles. The monoisotopic (exact) mass is 214 g/mol. The van der Waals surface area contributed by atoms with E-state index in [1.807, 2.05) is 6.92 Å². The Morgan fingerprint density at radius 1 is 1.47 bits per heavy atom. The van der Waals surface area contributed by atoms with Gasteiger partial charge in [-0.15, -0.1) is 0 Å². The third-order valence-corrected chi connectivity index (χ3v) is 2.56. The first kappa shape index (κ1) is 12.1. The lowest BCUT2D eigenvalue weighted by Crippen LogP contribution is -2.58. The third-order valence-electron chi connectivity index (χ3n) is 2.56. The molecule has 1 aliphatic heterocycles. The maximum absolute atomic E-state index is 11.7. The quantitative estimate of drug-likeness (QED) is 0.478. The van der Waals surface area contributed by atoms with Crippen molar-refractivity contribution in [3.63, 3.8) is 0 Å². The van der Waals surface area contributed by atoms with E-state index in [1.165, 1.54) is 4.90 Å². The zero-order valence-electron chi connectivity index (χ0n) is 9.03. The molecule has 5 heteroatoms. The largest absolute Gasteiger partial charge is 0.396 e. The van der Waals surface area contributed by atoms with Gasteiger partial charge in [-0.25, -0.2) is 0 Å². The molecule has 0 aromatic heterocycles. The summed E-state index contributed by atoms with van der Waals surface area (Å²) in [5.74, 6) is -0.297. The van der Waals surface area contributed by atoms with Crippen molar-refractivity contribution in [3.8, 4) is 0 Å². The summed E-state index contributed by atoms with van der Waals surface area (Å²) in [5, 5.41) is 11.5. The second-order valence-electron chi connectivity index (χ2n) is 3.66. The summed E-state index contributed by atoms with van der Waals surface area (Å²) >= 11 is 0. The van der Waals surface area contributed by atoms with Crippen LogP contribution in [0.15, 0.2) is 0 Å². The highest BCUT2D eigenvalue weighted by Crippen LogP contribution is 2.07. The van der Waals surface area contributed by atoms with Gasteiger partial charge >= 0.3 is 0 Å². The molecule has 0 spiro atoms. The molecular formula is C10H18N2O3. The minimum absolute atomic E-state index is 0.103. The van der Waals surface area contributed by atoms with Crippen LogP contribution in [0.3, 0.4) is 0 Å². The Hall–Kier alpha value is -0.940. The molecule has 1 heterocycles. The highest BCUT2D eigenvalue weighted by molar-refractivity contribution is 6.01. The average molecular weight is 214 g/mol. The Morgan fingerprint density at radius 3 is 2.80 bits per heavy atom. The van der Waals surface area contributed by atoms with Crippen molar-refractivity contribution >= 4 is 11.8 Å². The molecule has 0 aromatic rings. The number of carbonyl (C=O) groups excluding carboxylic acids is 2. The first-order chi connectivity index (χ1) is 7.20. The number of carbonyl (C=O) groups is 2. The van der Waals surface area contributed by atoms with Crippen LogP contribution in [0.1, 0.15) is 26.2 Å². The summed E-state index contributed by atoms with van der Waals surface area (Å²) in [7, 11) is 0. The standard InChI is InChI=1S/C10H18N2O3/c1-2-8-10(15)12(5-3-4-6-13)9(14)7-11-8/h8,11,13H,2-7H2,1H3. The molecule has 1 unspecified atom stereocenters. The molecule has 2 N–H and O–H groups in total. The summed E-state index contributed by atoms with van der Waals surface area (Å²) in [5.41, 5.74) is 0. The van der Waals surface area contributed by atoms with Crippen LogP contribution in [0.5, 0.6) is 0 Å². The van der Waals surface area contributed by atoms with Crippen LogP contribution >= 0.6 is 0 Å². The van der Waals surface area contributed by atoms with Gasteiger partial charge in [-0.05, 0) is 19.3 Å². The number of hydrogen-bond donors (Lipinski definition) is 2. The first-order valence-corrected chi connectivity index (χ1v) is 5.39. The van der Waals surface area contributed by atoms with Gasteiger partial charge in [0.1, 0.15) is 0 Å². The summed E-state index contributed by atoms with van der Waals surface area (Å²) in [6.45, 7) is 2.68. The molecule has 86 valence electrons. The van der Waals surface area contributed by atoms with Crippen molar-refractivity contribution in [3.05, 3.63) is 0 Å². The molecule has 1 rings (SSSR count). The Labute approximate surface area is 89.4 Å². The van der Waals surface area contributed by atoms with E-state index in [-0.39, 0.29) is 31.0 Å². The Bertz CT molecular complexity index is 243. The second-order valence-corrected chi connectivity index (χ2v) is 3.66. The van der Waals surface area contributed by atoms with Gasteiger partial charge in [0.25, 0.3) is 0 Å². The van der Waals surface area contributed by atoms with E-state index in [0.717, 1.165) is 0 Å². The topological polar surface area (TPSA) is 69.6 Å². The number of aliphatic hydroxyl groups excluding tert-OH is 1. The van der Waals surface area contributed by atoms with Crippen molar-refractivity contribution in [1.82, 2.24) is 10.2 Å². The first-order valence-electron chi connectivity index (χ1n) is 5.39. The number of nitrogens with zero attached hydrogens (tertiary/aromatic N) is 1. The third kappa shape index (κ3) is 3.00. The summed E-state index contributed by atoms with van der Waals surface area (Å²) < 4.78 is 0. The lowest BCUT2D eigenvalue weighted by molar-refractivity contribution is -0.149. The van der Waals surface area contributed by atoms with Gasteiger partial charge in [0, 0.05) is 13.2 Å². The number of piperazine rings is 1. The maximum atomic E-state index is 11.7. The van der Waals surface area contributed by atoms with Gasteiger partial charge < -0.3 is 5.11 Å². The normalized spacial score (nSPS) is 22.3. The van der Waals surface area contributed by atoms with Gasteiger partial charge in [0.15, 0.2) is 0 Å². The highest BCUT2D eigenvalue weighted by Gasteiger charge is 2.31. The van der Waals surface area contributed by atoms with Crippen LogP contribution in [0, 0.1) is 0 Å². The molecule has 0 bridgehead atoms. The molecule has 1 saturated heterocycles. The smallest absolute Gasteiger partial charge is 0.246 e. The zero-order valence-corrected chi connectivity index (χ0v) is 9.03. The van der Waals surface area contributed by atoms with Crippen molar-refractivity contribution in [2.24, 2.45) is 0 Å². The van der Waals surface area contributed by atoms with Crippen molar-refractivity contribution < 1.29 is 14.7 Å². The number of unbranched alkanes of at least 4 members (excludes halogenated alkanes) is 1. The molecular weight excluding hydrogens is 196 g/mol. The van der Waals surface area contributed by atoms with E-state index in [9.17, 15) is 9.59 Å². The lowest BCUT2D eigenvalue weighted by Gasteiger charge is -2.31. The predicted octanol–water partition coefficient (Wildman–Crippen LogP) is -0.504. The van der Waals surface area contributed by atoms with Crippen molar-refractivity contribution in [1.29, 1.82) is 0 Å². The van der Waals surface area contributed by atoms with Gasteiger partial charge in [-0.2, -0.15) is 0 Å². The van der Waals surface area contributed by atoms with Crippen LogP contribution in [-0.4, -0.2) is 47.6 Å². The van der Waals surface area contributed by atoms with E-state index in [1.54, 1.807) is 0 Å². The van der Waals surface area contributed by atoms with Gasteiger partial charge in [0.05, 0.1) is 12.6 Å². The molecule has 2 amide bonds. The molecule has 0 saturated carbocycles. The molecule has 15 heavy (non-hydrogen) atoms. The van der Waals surface area contributed by atoms with Crippen LogP contribution < -0.4 is 5.32 Å². The predicted molar refractivity (Wildman–Crippen MR) is 55.1 cm³/mol. The van der Waals surface area contributed by atoms with Crippen molar-refractivity contribution in [2.45, 2.75) is 32.2 Å². The molecule has 0 radical (unpaired) electrons. The lowest BCUT2D eigenvalue weighted by atomic mass is 10.1. The Morgan fingerprint density at radius 2 is 2.20 bits per heavy atom. The van der Waals surface area contributed by atoms with Crippen LogP contribution in [0.25, 0.3) is 0 Å². The molecule has 0 aromatic carbocycles. The van der Waals surface area contributed by atoms with Gasteiger partial charge in [0.2, 0.25) is 11.8 Å². The van der Waals surface area contributed by atoms with E-state index in [4.69, 9.17) is 5.11 Å².